The van der Waals surface area contributed by atoms with Crippen LogP contribution in [0.5, 0.6) is 0 Å². The third kappa shape index (κ3) is 120. The first-order valence-corrected chi connectivity index (χ1v) is 1.84. The van der Waals surface area contributed by atoms with Crippen molar-refractivity contribution < 1.29 is 45.0 Å². The molecule has 0 rings (SSSR count). The Morgan fingerprint density at radius 1 is 0.533 bits per heavy atom. The molecule has 0 fully saturated rings. The molecular formula is C3H3N3O9. The number of hydrogen-bond donors (Lipinski definition) is 1. The SMILES string of the molecule is N.O=C([O-])[O-].O=C([O-])[O-].O=C([O-])[O-].[N+3].[N+3]. The average Bonchev–Trinajstić information content (AvgIpc) is 1.54. The van der Waals surface area contributed by atoms with Crippen molar-refractivity contribution in [3.05, 3.63) is 0 Å². The van der Waals surface area contributed by atoms with Crippen molar-refractivity contribution in [3.8, 4) is 0 Å². The van der Waals surface area contributed by atoms with Gasteiger partial charge in [0.2, 0.25) is 0 Å². The molecule has 0 aliphatic heterocycles. The number of nitrogens with zero attached hydrogens (tertiary/aromatic N) is 2. The Morgan fingerprint density at radius 3 is 0.533 bits per heavy atom. The molecule has 0 aliphatic rings. The lowest BCUT2D eigenvalue weighted by Crippen LogP contribution is -2.37. The Balaban J connectivity index is -0.0000000184. The quantitative estimate of drug-likeness (QED) is 0.405. The van der Waals surface area contributed by atoms with Crippen molar-refractivity contribution in [1.29, 1.82) is 0 Å². The van der Waals surface area contributed by atoms with E-state index in [0.717, 1.165) is 0 Å². The molecule has 0 spiro atoms. The number of carbonyl (C=O) groups excluding carboxylic acids is 3. The van der Waals surface area contributed by atoms with Crippen LogP contribution in [0.2, 0.25) is 0 Å². The van der Waals surface area contributed by atoms with E-state index in [1.807, 2.05) is 0 Å². The minimum atomic E-state index is -2.33. The fourth-order valence-electron chi connectivity index (χ4n) is 0. The third-order valence-corrected chi connectivity index (χ3v) is 0. The first kappa shape index (κ1) is 39.8. The van der Waals surface area contributed by atoms with E-state index < -0.39 is 18.5 Å². The molecule has 12 nitrogen and oxygen atoms in total. The van der Waals surface area contributed by atoms with Crippen molar-refractivity contribution in [1.82, 2.24) is 18.5 Å². The van der Waals surface area contributed by atoms with E-state index in [9.17, 15) is 0 Å². The lowest BCUT2D eigenvalue weighted by atomic mass is 11.5. The smallest absolute Gasteiger partial charge is 0.652 e. The monoisotopic (exact) mass is 225 g/mol. The Morgan fingerprint density at radius 2 is 0.533 bits per heavy atom. The van der Waals surface area contributed by atoms with E-state index in [0.29, 0.717) is 0 Å². The van der Waals surface area contributed by atoms with Gasteiger partial charge in [0.1, 0.15) is 0 Å². The van der Waals surface area contributed by atoms with Gasteiger partial charge in [0.25, 0.3) is 0 Å². The number of carboxylic acid groups (broad SMARTS) is 6. The molecule has 0 saturated heterocycles. The van der Waals surface area contributed by atoms with Gasteiger partial charge in [0, 0.05) is 0 Å². The molecule has 0 amide bonds. The van der Waals surface area contributed by atoms with Gasteiger partial charge in [0.15, 0.2) is 0 Å². The van der Waals surface area contributed by atoms with Crippen molar-refractivity contribution in [2.24, 2.45) is 0 Å². The van der Waals surface area contributed by atoms with Crippen LogP contribution in [0.15, 0.2) is 0 Å². The van der Waals surface area contributed by atoms with E-state index in [4.69, 9.17) is 45.0 Å². The van der Waals surface area contributed by atoms with Crippen LogP contribution in [0.25, 0.3) is 0 Å². The fourth-order valence-corrected chi connectivity index (χ4v) is 0. The highest BCUT2D eigenvalue weighted by molar-refractivity contribution is 5.48. The van der Waals surface area contributed by atoms with Gasteiger partial charge in [-0.25, -0.2) is 0 Å². The molecule has 0 atom stereocenters. The zero-order chi connectivity index (χ0) is 10.7. The van der Waals surface area contributed by atoms with Crippen molar-refractivity contribution >= 4 is 18.5 Å². The van der Waals surface area contributed by atoms with E-state index in [2.05, 4.69) is 0 Å². The standard InChI is InChI=1S/3CH2O3.H3N.2N/c3*2-1(3)4;;;/h3*(H2,2,3,4);1H3;;/q;;;;2*+3/p-6. The van der Waals surface area contributed by atoms with Gasteiger partial charge in [-0.3, -0.25) is 0 Å². The maximum absolute atomic E-state index is 8.33. The number of carbonyl (C=O) groups is 3. The Bertz CT molecular complexity index is 118. The molecule has 0 aromatic rings. The minimum absolute atomic E-state index is 0. The first-order chi connectivity index (χ1) is 5.20. The van der Waals surface area contributed by atoms with E-state index >= 15 is 0 Å². The van der Waals surface area contributed by atoms with Gasteiger partial charge >= 0.3 is 12.3 Å². The van der Waals surface area contributed by atoms with Gasteiger partial charge < -0.3 is 51.2 Å². The minimum Gasteiger partial charge on any atom is -0.652 e. The molecular weight excluding hydrogens is 222 g/mol. The van der Waals surface area contributed by atoms with Crippen LogP contribution >= 0.6 is 0 Å². The number of rotatable bonds is 0. The molecule has 0 heterocycles. The van der Waals surface area contributed by atoms with Crippen LogP contribution in [0.1, 0.15) is 0 Å². The lowest BCUT2D eigenvalue weighted by molar-refractivity contribution is -0.417. The molecule has 0 saturated carbocycles. The summed E-state index contributed by atoms with van der Waals surface area (Å²) in [5, 5.41) is 50.0. The molecule has 3 N–H and O–H groups in total. The molecule has 0 aliphatic carbocycles. The summed E-state index contributed by atoms with van der Waals surface area (Å²) in [5.74, 6) is 0. The third-order valence-electron chi connectivity index (χ3n) is 0. The molecule has 0 aromatic heterocycles. The molecule has 0 bridgehead atoms. The van der Waals surface area contributed by atoms with Crippen LogP contribution in [0, 0.1) is 0 Å². The summed E-state index contributed by atoms with van der Waals surface area (Å²) in [6, 6.07) is 0. The average molecular weight is 225 g/mol. The largest absolute Gasteiger partial charge is 3.00 e. The normalized spacial score (nSPS) is 4.80. The summed E-state index contributed by atoms with van der Waals surface area (Å²) >= 11 is 0. The van der Waals surface area contributed by atoms with Crippen molar-refractivity contribution in [3.63, 3.8) is 0 Å². The van der Waals surface area contributed by atoms with Gasteiger partial charge in [-0.15, -0.1) is 0 Å². The topological polar surface area (TPSA) is 286 Å². The lowest BCUT2D eigenvalue weighted by Gasteiger charge is -1.96. The summed E-state index contributed by atoms with van der Waals surface area (Å²) in [4.78, 5) is 25.0. The zero-order valence-corrected chi connectivity index (χ0v) is 6.78. The summed E-state index contributed by atoms with van der Waals surface area (Å²) in [6.07, 6.45) is -7.00. The van der Waals surface area contributed by atoms with E-state index in [-0.39, 0.29) is 18.5 Å². The van der Waals surface area contributed by atoms with E-state index in [1.54, 1.807) is 0 Å². The van der Waals surface area contributed by atoms with Gasteiger partial charge in [0.05, 0.1) is 0 Å². The van der Waals surface area contributed by atoms with Gasteiger partial charge in [-0.05, 0) is 18.5 Å². The van der Waals surface area contributed by atoms with E-state index in [1.165, 1.54) is 0 Å². The Hall–Kier alpha value is -2.81. The van der Waals surface area contributed by atoms with Crippen LogP contribution in [-0.2, 0) is 0 Å². The molecule has 0 unspecified atom stereocenters. The maximum atomic E-state index is 8.33. The predicted octanol–water partition coefficient (Wildman–Crippen LogP) is -8.14. The molecule has 0 aromatic carbocycles. The second kappa shape index (κ2) is 30.3. The summed E-state index contributed by atoms with van der Waals surface area (Å²) < 4.78 is 0. The highest BCUT2D eigenvalue weighted by Crippen LogP contribution is 1.21. The zero-order valence-electron chi connectivity index (χ0n) is 6.78. The predicted molar refractivity (Wildman–Crippen MR) is 25.5 cm³/mol. The number of hydrogen-bond acceptors (Lipinski definition) is 10. The molecule has 84 valence electrons. The molecule has 4 radical (unpaired) electrons. The van der Waals surface area contributed by atoms with Crippen LogP contribution in [0.3, 0.4) is 0 Å². The first-order valence-electron chi connectivity index (χ1n) is 1.84. The Labute approximate surface area is 83.1 Å². The second-order valence-corrected chi connectivity index (χ2v) is 0.750. The fraction of sp³-hybridized carbons (Fsp3) is 0. The second-order valence-electron chi connectivity index (χ2n) is 0.750. The van der Waals surface area contributed by atoms with Gasteiger partial charge in [-0.2, -0.15) is 0 Å². The van der Waals surface area contributed by atoms with Crippen LogP contribution in [-0.4, -0.2) is 18.5 Å². The highest BCUT2D eigenvalue weighted by Gasteiger charge is 3.00. The summed E-state index contributed by atoms with van der Waals surface area (Å²) in [6.45, 7) is 0. The Kier molecular flexibility index (Phi) is 80.5. The van der Waals surface area contributed by atoms with Gasteiger partial charge in [-0.1, -0.05) is 0 Å². The van der Waals surface area contributed by atoms with Crippen LogP contribution in [0.4, 0.5) is 14.4 Å². The maximum Gasteiger partial charge on any atom is 3.00 e. The summed E-state index contributed by atoms with van der Waals surface area (Å²) in [5.41, 5.74) is 0. The van der Waals surface area contributed by atoms with Crippen LogP contribution < -0.4 is 49.1 Å². The highest BCUT2D eigenvalue weighted by atomic mass is 16.6. The molecule has 15 heavy (non-hydrogen) atoms. The van der Waals surface area contributed by atoms with Crippen molar-refractivity contribution in [2.45, 2.75) is 0 Å². The summed E-state index contributed by atoms with van der Waals surface area (Å²) in [7, 11) is 0. The molecule has 12 heteroatoms. The van der Waals surface area contributed by atoms with Crippen molar-refractivity contribution in [2.75, 3.05) is 0 Å².